The van der Waals surface area contributed by atoms with Crippen LogP contribution in [-0.4, -0.2) is 47.4 Å². The molecule has 0 aromatic carbocycles. The maximum absolute atomic E-state index is 12.4. The van der Waals surface area contributed by atoms with Gasteiger partial charge in [0, 0.05) is 12.8 Å². The van der Waals surface area contributed by atoms with Gasteiger partial charge in [0.05, 0.1) is 25.4 Å². The minimum Gasteiger partial charge on any atom is -0.466 e. The van der Waals surface area contributed by atoms with Crippen molar-refractivity contribution in [2.24, 2.45) is 0 Å². The number of carbonyl (C=O) groups is 2. The molecule has 0 aromatic heterocycles. The van der Waals surface area contributed by atoms with Crippen LogP contribution in [-0.2, 0) is 14.3 Å². The highest BCUT2D eigenvalue weighted by atomic mass is 16.5. The fourth-order valence-corrected chi connectivity index (χ4v) is 8.68. The summed E-state index contributed by atoms with van der Waals surface area (Å²) in [6.07, 6.45) is 67.3. The fraction of sp³-hybridized carbons (Fsp3) is 0.864. The Hall–Kier alpha value is -1.92. The van der Waals surface area contributed by atoms with E-state index in [9.17, 15) is 19.8 Å². The highest BCUT2D eigenvalue weighted by Gasteiger charge is 2.18. The molecule has 0 aliphatic carbocycles. The molecule has 0 spiro atoms. The van der Waals surface area contributed by atoms with Crippen molar-refractivity contribution in [2.45, 2.75) is 315 Å². The third-order valence-electron chi connectivity index (χ3n) is 13.1. The Morgan fingerprint density at radius 1 is 0.415 bits per heavy atom. The lowest BCUT2D eigenvalue weighted by atomic mass is 10.0. The summed E-state index contributed by atoms with van der Waals surface area (Å²) in [6, 6.07) is -0.634. The lowest BCUT2D eigenvalue weighted by Crippen LogP contribution is -2.45. The van der Waals surface area contributed by atoms with Crippen molar-refractivity contribution in [2.75, 3.05) is 13.2 Å². The summed E-state index contributed by atoms with van der Waals surface area (Å²) in [5.74, 6) is -0.0800. The molecule has 0 aromatic rings. The number of carbonyl (C=O) groups excluding carboxylic acids is 2. The number of hydrogen-bond acceptors (Lipinski definition) is 5. The van der Waals surface area contributed by atoms with Crippen LogP contribution in [0.5, 0.6) is 0 Å². The summed E-state index contributed by atoms with van der Waals surface area (Å²) in [7, 11) is 0. The van der Waals surface area contributed by atoms with E-state index in [1.807, 2.05) is 6.08 Å². The molecule has 2 atom stereocenters. The summed E-state index contributed by atoms with van der Waals surface area (Å²) in [4.78, 5) is 24.5. The Kier molecular flexibility index (Phi) is 53.1. The van der Waals surface area contributed by atoms with Crippen molar-refractivity contribution in [1.29, 1.82) is 0 Å². The molecule has 6 heteroatoms. The van der Waals surface area contributed by atoms with Crippen molar-refractivity contribution in [3.8, 4) is 0 Å². The van der Waals surface area contributed by atoms with Gasteiger partial charge in [-0.3, -0.25) is 9.59 Å². The number of hydrogen-bond donors (Lipinski definition) is 3. The zero-order valence-corrected chi connectivity index (χ0v) is 43.5. The zero-order valence-electron chi connectivity index (χ0n) is 43.5. The third kappa shape index (κ3) is 51.3. The average Bonchev–Trinajstić information content (AvgIpc) is 3.31. The minimum absolute atomic E-state index is 0.00333. The van der Waals surface area contributed by atoms with Crippen LogP contribution in [0.15, 0.2) is 36.5 Å². The maximum atomic E-state index is 12.4. The van der Waals surface area contributed by atoms with Gasteiger partial charge in [-0.1, -0.05) is 243 Å². The maximum Gasteiger partial charge on any atom is 0.305 e. The average molecular weight is 915 g/mol. The van der Waals surface area contributed by atoms with Crippen molar-refractivity contribution < 1.29 is 24.5 Å². The molecule has 0 saturated carbocycles. The van der Waals surface area contributed by atoms with E-state index in [1.54, 1.807) is 6.08 Å². The second-order valence-corrected chi connectivity index (χ2v) is 19.6. The largest absolute Gasteiger partial charge is 0.466 e. The van der Waals surface area contributed by atoms with Gasteiger partial charge in [-0.05, 0) is 83.5 Å². The van der Waals surface area contributed by atoms with Gasteiger partial charge in [0.1, 0.15) is 0 Å². The van der Waals surface area contributed by atoms with Gasteiger partial charge in [-0.15, -0.1) is 0 Å². The number of amides is 1. The first-order valence-corrected chi connectivity index (χ1v) is 28.8. The summed E-state index contributed by atoms with van der Waals surface area (Å²) in [6.45, 7) is 4.88. The van der Waals surface area contributed by atoms with Gasteiger partial charge in [0.15, 0.2) is 0 Å². The number of ether oxygens (including phenoxy) is 1. The number of aliphatic hydroxyl groups is 2. The molecule has 6 nitrogen and oxygen atoms in total. The molecule has 0 fully saturated rings. The van der Waals surface area contributed by atoms with Crippen molar-refractivity contribution >= 4 is 11.9 Å². The van der Waals surface area contributed by atoms with Gasteiger partial charge >= 0.3 is 5.97 Å². The molecule has 0 aliphatic rings. The molecule has 2 unspecified atom stereocenters. The van der Waals surface area contributed by atoms with E-state index in [0.717, 1.165) is 51.4 Å². The topological polar surface area (TPSA) is 95.9 Å². The molecule has 0 saturated heterocycles. The molecular formula is C59H111NO5. The van der Waals surface area contributed by atoms with Crippen LogP contribution in [0.4, 0.5) is 0 Å². The Bertz CT molecular complexity index is 1060. The van der Waals surface area contributed by atoms with Crippen LogP contribution < -0.4 is 5.32 Å². The predicted octanol–water partition coefficient (Wildman–Crippen LogP) is 17.6. The van der Waals surface area contributed by atoms with E-state index < -0.39 is 12.1 Å². The monoisotopic (exact) mass is 914 g/mol. The van der Waals surface area contributed by atoms with E-state index >= 15 is 0 Å². The van der Waals surface area contributed by atoms with Gasteiger partial charge in [-0.25, -0.2) is 0 Å². The molecule has 0 bridgehead atoms. The normalized spacial score (nSPS) is 12.9. The fourth-order valence-electron chi connectivity index (χ4n) is 8.68. The highest BCUT2D eigenvalue weighted by Crippen LogP contribution is 2.16. The second kappa shape index (κ2) is 54.7. The van der Waals surface area contributed by atoms with Gasteiger partial charge < -0.3 is 20.3 Å². The Morgan fingerprint density at radius 3 is 1.09 bits per heavy atom. The smallest absolute Gasteiger partial charge is 0.305 e. The standard InChI is InChI=1S/C59H111NO5/c1-3-5-7-9-11-13-15-17-27-31-35-39-43-47-51-57(62)56(55-61)60-58(63)52-48-44-40-36-32-28-25-23-21-19-20-22-24-26-30-34-38-42-46-50-54-65-59(64)53-49-45-41-37-33-29-18-16-14-12-10-8-6-4-2/h16,18-19,21,47,51,56-57,61-62H,3-15,17,20,22-46,48-50,52-55H2,1-2H3,(H,60,63)/b18-16-,21-19-,51-47+. The molecule has 3 N–H and O–H groups in total. The van der Waals surface area contributed by atoms with Crippen molar-refractivity contribution in [3.05, 3.63) is 36.5 Å². The number of aliphatic hydroxyl groups excluding tert-OH is 2. The van der Waals surface area contributed by atoms with Crippen molar-refractivity contribution in [3.63, 3.8) is 0 Å². The number of unbranched alkanes of at least 4 members (excludes halogenated alkanes) is 38. The molecule has 65 heavy (non-hydrogen) atoms. The van der Waals surface area contributed by atoms with Gasteiger partial charge in [-0.2, -0.15) is 0 Å². The van der Waals surface area contributed by atoms with E-state index in [0.29, 0.717) is 19.4 Å². The lowest BCUT2D eigenvalue weighted by molar-refractivity contribution is -0.143. The van der Waals surface area contributed by atoms with Gasteiger partial charge in [0.2, 0.25) is 5.91 Å². The number of esters is 1. The summed E-state index contributed by atoms with van der Waals surface area (Å²) in [5.41, 5.74) is 0. The molecule has 0 heterocycles. The second-order valence-electron chi connectivity index (χ2n) is 19.6. The molecule has 1 amide bonds. The molecule has 0 aliphatic heterocycles. The SMILES string of the molecule is CCCCCCC/C=C\CCCCCCCC(=O)OCCCCCCCCCCC/C=C\CCCCCCCCCC(=O)NC(CO)C(O)/C=C/CCCCCCCCCCCCCC. The van der Waals surface area contributed by atoms with E-state index in [4.69, 9.17) is 4.74 Å². The molecule has 0 radical (unpaired) electrons. The summed E-state index contributed by atoms with van der Waals surface area (Å²) >= 11 is 0. The van der Waals surface area contributed by atoms with Crippen LogP contribution in [0.3, 0.4) is 0 Å². The van der Waals surface area contributed by atoms with Gasteiger partial charge in [0.25, 0.3) is 0 Å². The zero-order chi connectivity index (χ0) is 47.2. The van der Waals surface area contributed by atoms with Crippen LogP contribution in [0, 0.1) is 0 Å². The molecule has 0 rings (SSSR count). The number of nitrogens with one attached hydrogen (secondary N) is 1. The number of allylic oxidation sites excluding steroid dienone is 5. The molecule has 382 valence electrons. The Morgan fingerprint density at radius 2 is 0.723 bits per heavy atom. The highest BCUT2D eigenvalue weighted by molar-refractivity contribution is 5.76. The number of rotatable bonds is 53. The lowest BCUT2D eigenvalue weighted by Gasteiger charge is -2.20. The third-order valence-corrected chi connectivity index (χ3v) is 13.1. The van der Waals surface area contributed by atoms with E-state index in [1.165, 1.54) is 225 Å². The minimum atomic E-state index is -0.850. The van der Waals surface area contributed by atoms with Crippen LogP contribution in [0.25, 0.3) is 0 Å². The van der Waals surface area contributed by atoms with Crippen molar-refractivity contribution in [1.82, 2.24) is 5.32 Å². The van der Waals surface area contributed by atoms with E-state index in [2.05, 4.69) is 43.5 Å². The first kappa shape index (κ1) is 63.1. The summed E-state index contributed by atoms with van der Waals surface area (Å²) in [5, 5.41) is 23.1. The first-order valence-electron chi connectivity index (χ1n) is 28.8. The van der Waals surface area contributed by atoms with E-state index in [-0.39, 0.29) is 18.5 Å². The Balaban J connectivity index is 3.46. The quantitative estimate of drug-likeness (QED) is 0.0321. The van der Waals surface area contributed by atoms with Crippen LogP contribution >= 0.6 is 0 Å². The molecular weight excluding hydrogens is 803 g/mol. The summed E-state index contributed by atoms with van der Waals surface area (Å²) < 4.78 is 5.47. The predicted molar refractivity (Wildman–Crippen MR) is 283 cm³/mol. The van der Waals surface area contributed by atoms with Crippen LogP contribution in [0.2, 0.25) is 0 Å². The van der Waals surface area contributed by atoms with Crippen LogP contribution in [0.1, 0.15) is 303 Å². The Labute approximate surface area is 404 Å². The first-order chi connectivity index (χ1) is 32.0.